The van der Waals surface area contributed by atoms with Crippen molar-refractivity contribution in [1.29, 1.82) is 0 Å². The first-order valence-electron chi connectivity index (χ1n) is 8.78. The Balaban J connectivity index is 1.94. The Morgan fingerprint density at radius 3 is 2.18 bits per heavy atom. The molecule has 3 aromatic rings. The van der Waals surface area contributed by atoms with Gasteiger partial charge in [0.1, 0.15) is 11.5 Å². The number of amides is 1. The number of nitrogens with two attached hydrogens (primary N) is 2. The number of rotatable bonds is 4. The van der Waals surface area contributed by atoms with Crippen molar-refractivity contribution in [2.75, 3.05) is 16.8 Å². The summed E-state index contributed by atoms with van der Waals surface area (Å²) in [4.78, 5) is 12.5. The summed E-state index contributed by atoms with van der Waals surface area (Å²) >= 11 is 0. The molecule has 144 valence electrons. The van der Waals surface area contributed by atoms with Crippen LogP contribution < -0.4 is 16.8 Å². The van der Waals surface area contributed by atoms with Gasteiger partial charge < -0.3 is 27.0 Å². The van der Waals surface area contributed by atoms with Gasteiger partial charge >= 0.3 is 0 Å². The summed E-state index contributed by atoms with van der Waals surface area (Å²) in [5, 5.41) is 22.6. The molecule has 6 heteroatoms. The van der Waals surface area contributed by atoms with Crippen LogP contribution in [-0.2, 0) is 5.41 Å². The molecule has 6 nitrogen and oxygen atoms in total. The molecule has 1 amide bonds. The molecule has 0 atom stereocenters. The predicted molar refractivity (Wildman–Crippen MR) is 112 cm³/mol. The normalized spacial score (nSPS) is 11.2. The van der Waals surface area contributed by atoms with Crippen LogP contribution in [0.1, 0.15) is 35.3 Å². The van der Waals surface area contributed by atoms with Crippen molar-refractivity contribution in [1.82, 2.24) is 0 Å². The Bertz CT molecular complexity index is 1040. The molecular weight excluding hydrogens is 354 g/mol. The van der Waals surface area contributed by atoms with Crippen molar-refractivity contribution in [3.63, 3.8) is 0 Å². The fraction of sp³-hybridized carbons (Fsp3) is 0.136. The number of hydrogen-bond donors (Lipinski definition) is 5. The molecule has 0 aliphatic heterocycles. The number of hydrogen-bond acceptors (Lipinski definition) is 5. The van der Waals surface area contributed by atoms with E-state index in [1.807, 2.05) is 13.8 Å². The van der Waals surface area contributed by atoms with E-state index in [1.165, 1.54) is 6.07 Å². The molecule has 0 saturated carbocycles. The van der Waals surface area contributed by atoms with Gasteiger partial charge in [-0.15, -0.1) is 0 Å². The quantitative estimate of drug-likeness (QED) is 0.349. The Morgan fingerprint density at radius 1 is 0.893 bits per heavy atom. The van der Waals surface area contributed by atoms with Gasteiger partial charge in [-0.25, -0.2) is 0 Å². The van der Waals surface area contributed by atoms with Crippen LogP contribution in [-0.4, -0.2) is 16.1 Å². The Kier molecular flexibility index (Phi) is 4.88. The molecule has 0 aliphatic carbocycles. The molecule has 3 aromatic carbocycles. The van der Waals surface area contributed by atoms with Gasteiger partial charge in [0.2, 0.25) is 0 Å². The number of carbonyl (C=O) groups is 1. The highest BCUT2D eigenvalue weighted by Crippen LogP contribution is 2.37. The van der Waals surface area contributed by atoms with Crippen molar-refractivity contribution in [3.05, 3.63) is 77.4 Å². The second-order valence-electron chi connectivity index (χ2n) is 7.21. The number of benzene rings is 3. The molecule has 0 radical (unpaired) electrons. The summed E-state index contributed by atoms with van der Waals surface area (Å²) in [5.41, 5.74) is 14.3. The zero-order valence-corrected chi connectivity index (χ0v) is 15.7. The standard InChI is InChI=1S/C22H23N3O3/c1-22(2,14-6-8-19(26)17(24)11-14)15-7-9-20(27)18(12-15)25-21(28)13-4-3-5-16(23)10-13/h3-12,26-27H,23-24H2,1-2H3,(H,25,28). The second-order valence-corrected chi connectivity index (χ2v) is 7.21. The van der Waals surface area contributed by atoms with E-state index in [4.69, 9.17) is 11.5 Å². The van der Waals surface area contributed by atoms with Crippen molar-refractivity contribution >= 4 is 23.0 Å². The maximum atomic E-state index is 12.5. The lowest BCUT2D eigenvalue weighted by molar-refractivity contribution is 0.102. The average molecular weight is 377 g/mol. The summed E-state index contributed by atoms with van der Waals surface area (Å²) in [7, 11) is 0. The topological polar surface area (TPSA) is 122 Å². The third kappa shape index (κ3) is 3.71. The number of phenolic OH excluding ortho intramolecular Hbond substituents is 2. The van der Waals surface area contributed by atoms with E-state index in [1.54, 1.807) is 54.6 Å². The van der Waals surface area contributed by atoms with Crippen LogP contribution >= 0.6 is 0 Å². The lowest BCUT2D eigenvalue weighted by atomic mass is 9.77. The van der Waals surface area contributed by atoms with E-state index in [2.05, 4.69) is 5.32 Å². The van der Waals surface area contributed by atoms with Crippen LogP contribution in [0, 0.1) is 0 Å². The first kappa shape index (κ1) is 19.1. The lowest BCUT2D eigenvalue weighted by Gasteiger charge is -2.27. The molecule has 0 aliphatic rings. The van der Waals surface area contributed by atoms with Crippen LogP contribution in [0.2, 0.25) is 0 Å². The lowest BCUT2D eigenvalue weighted by Crippen LogP contribution is -2.20. The summed E-state index contributed by atoms with van der Waals surface area (Å²) in [5.74, 6) is -0.381. The molecule has 28 heavy (non-hydrogen) atoms. The van der Waals surface area contributed by atoms with Crippen molar-refractivity contribution < 1.29 is 15.0 Å². The highest BCUT2D eigenvalue weighted by molar-refractivity contribution is 6.05. The van der Waals surface area contributed by atoms with Crippen LogP contribution in [0.4, 0.5) is 17.1 Å². The molecule has 3 rings (SSSR count). The van der Waals surface area contributed by atoms with Crippen molar-refractivity contribution in [3.8, 4) is 11.5 Å². The number of phenols is 2. The van der Waals surface area contributed by atoms with Crippen LogP contribution in [0.15, 0.2) is 60.7 Å². The predicted octanol–water partition coefficient (Wildman–Crippen LogP) is 3.84. The zero-order valence-electron chi connectivity index (χ0n) is 15.7. The van der Waals surface area contributed by atoms with Gasteiger partial charge in [0, 0.05) is 16.7 Å². The van der Waals surface area contributed by atoms with Crippen LogP contribution in [0.5, 0.6) is 11.5 Å². The van der Waals surface area contributed by atoms with Gasteiger partial charge in [-0.2, -0.15) is 0 Å². The van der Waals surface area contributed by atoms with Gasteiger partial charge in [0.15, 0.2) is 0 Å². The Morgan fingerprint density at radius 2 is 1.54 bits per heavy atom. The molecule has 0 aromatic heterocycles. The maximum Gasteiger partial charge on any atom is 0.255 e. The molecule has 7 N–H and O–H groups in total. The summed E-state index contributed by atoms with van der Waals surface area (Å²) < 4.78 is 0. The molecule has 0 spiro atoms. The minimum atomic E-state index is -0.480. The third-order valence-electron chi connectivity index (χ3n) is 4.86. The molecule has 0 heterocycles. The van der Waals surface area contributed by atoms with Crippen LogP contribution in [0.25, 0.3) is 0 Å². The summed E-state index contributed by atoms with van der Waals surface area (Å²) in [6.07, 6.45) is 0. The third-order valence-corrected chi connectivity index (χ3v) is 4.86. The molecule has 0 saturated heterocycles. The van der Waals surface area contributed by atoms with Gasteiger partial charge in [-0.1, -0.05) is 32.0 Å². The maximum absolute atomic E-state index is 12.5. The minimum absolute atomic E-state index is 0.0281. The number of nitrogen functional groups attached to an aromatic ring is 2. The van der Waals surface area contributed by atoms with Gasteiger partial charge in [-0.3, -0.25) is 4.79 Å². The highest BCUT2D eigenvalue weighted by atomic mass is 16.3. The number of aromatic hydroxyl groups is 2. The van der Waals surface area contributed by atoms with E-state index in [0.29, 0.717) is 22.6 Å². The Labute approximate surface area is 163 Å². The molecule has 0 unspecified atom stereocenters. The van der Waals surface area contributed by atoms with E-state index in [-0.39, 0.29) is 17.4 Å². The van der Waals surface area contributed by atoms with Gasteiger partial charge in [-0.05, 0) is 53.6 Å². The van der Waals surface area contributed by atoms with E-state index in [0.717, 1.165) is 11.1 Å². The van der Waals surface area contributed by atoms with Crippen LogP contribution in [0.3, 0.4) is 0 Å². The number of carbonyl (C=O) groups excluding carboxylic acids is 1. The largest absolute Gasteiger partial charge is 0.506 e. The highest BCUT2D eigenvalue weighted by Gasteiger charge is 2.25. The number of anilines is 3. The van der Waals surface area contributed by atoms with E-state index in [9.17, 15) is 15.0 Å². The monoisotopic (exact) mass is 377 g/mol. The Hall–Kier alpha value is -3.67. The second kappa shape index (κ2) is 7.15. The van der Waals surface area contributed by atoms with Crippen molar-refractivity contribution in [2.24, 2.45) is 0 Å². The van der Waals surface area contributed by atoms with E-state index >= 15 is 0 Å². The van der Waals surface area contributed by atoms with Gasteiger partial charge in [0.05, 0.1) is 11.4 Å². The fourth-order valence-corrected chi connectivity index (χ4v) is 3.01. The smallest absolute Gasteiger partial charge is 0.255 e. The zero-order chi connectivity index (χ0) is 20.5. The molecule has 0 fully saturated rings. The van der Waals surface area contributed by atoms with E-state index < -0.39 is 5.41 Å². The SMILES string of the molecule is CC(C)(c1ccc(O)c(N)c1)c1ccc(O)c(NC(=O)c2cccc(N)c2)c1. The first-order chi connectivity index (χ1) is 13.2. The summed E-state index contributed by atoms with van der Waals surface area (Å²) in [6, 6.07) is 16.7. The van der Waals surface area contributed by atoms with Gasteiger partial charge in [0.25, 0.3) is 5.91 Å². The number of nitrogens with one attached hydrogen (secondary N) is 1. The first-order valence-corrected chi connectivity index (χ1v) is 8.78. The average Bonchev–Trinajstić information content (AvgIpc) is 2.65. The fourth-order valence-electron chi connectivity index (χ4n) is 3.01. The summed E-state index contributed by atoms with van der Waals surface area (Å²) in [6.45, 7) is 3.99. The minimum Gasteiger partial charge on any atom is -0.506 e. The molecule has 0 bridgehead atoms. The van der Waals surface area contributed by atoms with Crippen molar-refractivity contribution in [2.45, 2.75) is 19.3 Å². The molecular formula is C22H23N3O3.